The van der Waals surface area contributed by atoms with Crippen molar-refractivity contribution in [3.63, 3.8) is 0 Å². The van der Waals surface area contributed by atoms with Crippen LogP contribution in [0.3, 0.4) is 0 Å². The molecule has 3 nitrogen and oxygen atoms in total. The van der Waals surface area contributed by atoms with Crippen molar-refractivity contribution in [2.75, 3.05) is 0 Å². The lowest BCUT2D eigenvalue weighted by molar-refractivity contribution is 0.664. The van der Waals surface area contributed by atoms with Crippen LogP contribution >= 0.6 is 11.6 Å². The normalized spacial score (nSPS) is 17.7. The Balaban J connectivity index is 2.15. The van der Waals surface area contributed by atoms with Gasteiger partial charge in [0.25, 0.3) is 0 Å². The van der Waals surface area contributed by atoms with E-state index in [2.05, 4.69) is 14.4 Å². The van der Waals surface area contributed by atoms with Crippen LogP contribution in [0.15, 0.2) is 18.6 Å². The molecule has 0 bridgehead atoms. The molecule has 0 amide bonds. The first kappa shape index (κ1) is 9.16. The van der Waals surface area contributed by atoms with Crippen LogP contribution < -0.4 is 0 Å². The Morgan fingerprint density at radius 1 is 1.27 bits per heavy atom. The molecule has 1 aliphatic carbocycles. The maximum atomic E-state index is 6.01. The lowest BCUT2D eigenvalue weighted by atomic mass is 10.1. The van der Waals surface area contributed by atoms with Gasteiger partial charge >= 0.3 is 0 Å². The second-order valence-corrected chi connectivity index (χ2v) is 4.43. The molecule has 0 unspecified atom stereocenters. The van der Waals surface area contributed by atoms with Crippen molar-refractivity contribution in [3.8, 4) is 0 Å². The molecular weight excluding hydrogens is 210 g/mol. The topological polar surface area (TPSA) is 30.2 Å². The standard InChI is InChI=1S/C11H12ClN3/c12-10-9-7-14-11(8-3-1-2-4-8)15(9)6-5-13-10/h5-8H,1-4H2. The van der Waals surface area contributed by atoms with Crippen LogP contribution in [0.5, 0.6) is 0 Å². The van der Waals surface area contributed by atoms with Gasteiger partial charge in [-0.3, -0.25) is 4.40 Å². The zero-order chi connectivity index (χ0) is 10.3. The van der Waals surface area contributed by atoms with E-state index in [0.29, 0.717) is 11.1 Å². The quantitative estimate of drug-likeness (QED) is 0.741. The average Bonchev–Trinajstić information content (AvgIpc) is 2.85. The molecule has 1 fully saturated rings. The molecule has 15 heavy (non-hydrogen) atoms. The summed E-state index contributed by atoms with van der Waals surface area (Å²) in [5, 5.41) is 0.536. The Bertz CT molecular complexity index is 486. The van der Waals surface area contributed by atoms with Crippen molar-refractivity contribution >= 4 is 17.1 Å². The molecule has 2 aromatic rings. The minimum Gasteiger partial charge on any atom is -0.299 e. The van der Waals surface area contributed by atoms with Gasteiger partial charge in [-0.15, -0.1) is 0 Å². The Labute approximate surface area is 93.1 Å². The summed E-state index contributed by atoms with van der Waals surface area (Å²) in [5.41, 5.74) is 0.918. The highest BCUT2D eigenvalue weighted by Crippen LogP contribution is 2.33. The summed E-state index contributed by atoms with van der Waals surface area (Å²) in [6, 6.07) is 0. The van der Waals surface area contributed by atoms with Gasteiger partial charge in [0.1, 0.15) is 11.3 Å². The second kappa shape index (κ2) is 3.49. The summed E-state index contributed by atoms with van der Waals surface area (Å²) >= 11 is 6.01. The van der Waals surface area contributed by atoms with Crippen LogP contribution in [0.2, 0.25) is 5.15 Å². The molecule has 2 heterocycles. The molecule has 0 aromatic carbocycles. The number of aromatic nitrogens is 3. The van der Waals surface area contributed by atoms with Crippen LogP contribution in [-0.2, 0) is 0 Å². The molecule has 4 heteroatoms. The molecule has 0 aliphatic heterocycles. The number of halogens is 1. The number of rotatable bonds is 1. The minimum atomic E-state index is 0.536. The zero-order valence-corrected chi connectivity index (χ0v) is 9.11. The van der Waals surface area contributed by atoms with E-state index in [4.69, 9.17) is 11.6 Å². The minimum absolute atomic E-state index is 0.536. The second-order valence-electron chi connectivity index (χ2n) is 4.07. The molecule has 0 atom stereocenters. The lowest BCUT2D eigenvalue weighted by Gasteiger charge is -2.07. The highest BCUT2D eigenvalue weighted by Gasteiger charge is 2.21. The number of fused-ring (bicyclic) bond motifs is 1. The number of imidazole rings is 1. The van der Waals surface area contributed by atoms with Crippen LogP contribution in [-0.4, -0.2) is 14.4 Å². The fourth-order valence-electron chi connectivity index (χ4n) is 2.40. The average molecular weight is 222 g/mol. The van der Waals surface area contributed by atoms with E-state index < -0.39 is 0 Å². The third-order valence-corrected chi connectivity index (χ3v) is 3.45. The van der Waals surface area contributed by atoms with Crippen molar-refractivity contribution in [1.29, 1.82) is 0 Å². The SMILES string of the molecule is Clc1nccn2c(C3CCCC3)ncc12. The predicted molar refractivity (Wildman–Crippen MR) is 59.2 cm³/mol. The van der Waals surface area contributed by atoms with Gasteiger partial charge in [0.2, 0.25) is 0 Å². The van der Waals surface area contributed by atoms with Crippen molar-refractivity contribution in [1.82, 2.24) is 14.4 Å². The maximum absolute atomic E-state index is 6.01. The largest absolute Gasteiger partial charge is 0.299 e. The predicted octanol–water partition coefficient (Wildman–Crippen LogP) is 3.04. The highest BCUT2D eigenvalue weighted by molar-refractivity contribution is 6.32. The summed E-state index contributed by atoms with van der Waals surface area (Å²) in [6.45, 7) is 0. The van der Waals surface area contributed by atoms with Gasteiger partial charge in [-0.25, -0.2) is 9.97 Å². The van der Waals surface area contributed by atoms with E-state index in [9.17, 15) is 0 Å². The monoisotopic (exact) mass is 221 g/mol. The lowest BCUT2D eigenvalue weighted by Crippen LogP contribution is -2.00. The van der Waals surface area contributed by atoms with E-state index in [0.717, 1.165) is 11.3 Å². The molecule has 1 saturated carbocycles. The van der Waals surface area contributed by atoms with Crippen LogP contribution in [0.4, 0.5) is 0 Å². The summed E-state index contributed by atoms with van der Waals surface area (Å²) in [7, 11) is 0. The van der Waals surface area contributed by atoms with E-state index in [1.807, 2.05) is 12.4 Å². The van der Waals surface area contributed by atoms with Crippen molar-refractivity contribution in [3.05, 3.63) is 29.6 Å². The molecule has 2 aromatic heterocycles. The van der Waals surface area contributed by atoms with E-state index >= 15 is 0 Å². The molecule has 78 valence electrons. The van der Waals surface area contributed by atoms with Crippen LogP contribution in [0.1, 0.15) is 37.4 Å². The van der Waals surface area contributed by atoms with Crippen LogP contribution in [0.25, 0.3) is 5.52 Å². The Kier molecular flexibility index (Phi) is 2.13. The zero-order valence-electron chi connectivity index (χ0n) is 8.36. The van der Waals surface area contributed by atoms with Gasteiger partial charge in [-0.1, -0.05) is 24.4 Å². The molecule has 1 aliphatic rings. The van der Waals surface area contributed by atoms with Gasteiger partial charge in [-0.2, -0.15) is 0 Å². The molecule has 0 N–H and O–H groups in total. The van der Waals surface area contributed by atoms with Crippen molar-refractivity contribution in [2.24, 2.45) is 0 Å². The van der Waals surface area contributed by atoms with Gasteiger partial charge in [0, 0.05) is 18.3 Å². The summed E-state index contributed by atoms with van der Waals surface area (Å²) < 4.78 is 2.07. The molecule has 0 spiro atoms. The third-order valence-electron chi connectivity index (χ3n) is 3.16. The number of hydrogen-bond donors (Lipinski definition) is 0. The molecule has 3 rings (SSSR count). The fraction of sp³-hybridized carbons (Fsp3) is 0.455. The number of nitrogens with zero attached hydrogens (tertiary/aromatic N) is 3. The van der Waals surface area contributed by atoms with Crippen molar-refractivity contribution < 1.29 is 0 Å². The Morgan fingerprint density at radius 3 is 2.87 bits per heavy atom. The van der Waals surface area contributed by atoms with Crippen LogP contribution in [0, 0.1) is 0 Å². The van der Waals surface area contributed by atoms with Crippen molar-refractivity contribution in [2.45, 2.75) is 31.6 Å². The smallest absolute Gasteiger partial charge is 0.154 e. The highest BCUT2D eigenvalue weighted by atomic mass is 35.5. The summed E-state index contributed by atoms with van der Waals surface area (Å²) in [6.07, 6.45) is 10.6. The molecule has 0 saturated heterocycles. The molecule has 0 radical (unpaired) electrons. The first-order chi connectivity index (χ1) is 7.36. The van der Waals surface area contributed by atoms with E-state index in [-0.39, 0.29) is 0 Å². The van der Waals surface area contributed by atoms with E-state index in [1.165, 1.54) is 25.7 Å². The first-order valence-electron chi connectivity index (χ1n) is 5.34. The Hall–Kier alpha value is -1.09. The van der Waals surface area contributed by atoms with Gasteiger partial charge < -0.3 is 0 Å². The van der Waals surface area contributed by atoms with Gasteiger partial charge in [-0.05, 0) is 12.8 Å². The third kappa shape index (κ3) is 1.42. The Morgan fingerprint density at radius 2 is 2.07 bits per heavy atom. The maximum Gasteiger partial charge on any atom is 0.154 e. The summed E-state index contributed by atoms with van der Waals surface area (Å²) in [4.78, 5) is 8.53. The molecular formula is C11H12ClN3. The first-order valence-corrected chi connectivity index (χ1v) is 5.71. The van der Waals surface area contributed by atoms with Gasteiger partial charge in [0.15, 0.2) is 5.15 Å². The number of hydrogen-bond acceptors (Lipinski definition) is 2. The van der Waals surface area contributed by atoms with E-state index in [1.54, 1.807) is 6.20 Å². The summed E-state index contributed by atoms with van der Waals surface area (Å²) in [5.74, 6) is 1.75. The fourth-order valence-corrected chi connectivity index (χ4v) is 2.60. The van der Waals surface area contributed by atoms with Gasteiger partial charge in [0.05, 0.1) is 6.20 Å².